The summed E-state index contributed by atoms with van der Waals surface area (Å²) in [5, 5.41) is 13.0. The van der Waals surface area contributed by atoms with Gasteiger partial charge in [0.05, 0.1) is 18.9 Å². The zero-order valence-electron chi connectivity index (χ0n) is 20.9. The highest BCUT2D eigenvalue weighted by Crippen LogP contribution is 2.33. The van der Waals surface area contributed by atoms with Crippen molar-refractivity contribution in [1.29, 1.82) is 0 Å². The molecular weight excluding hydrogens is 525 g/mol. The van der Waals surface area contributed by atoms with Crippen molar-refractivity contribution in [3.05, 3.63) is 75.6 Å². The van der Waals surface area contributed by atoms with Crippen LogP contribution in [0.5, 0.6) is 0 Å². The maximum atomic E-state index is 15.4. The van der Waals surface area contributed by atoms with Gasteiger partial charge in [0, 0.05) is 47.4 Å². The number of hydrogen-bond donors (Lipinski definition) is 2. The lowest BCUT2D eigenvalue weighted by molar-refractivity contribution is -0.135. The van der Waals surface area contributed by atoms with Crippen LogP contribution < -0.4 is 5.32 Å². The van der Waals surface area contributed by atoms with E-state index >= 15 is 4.39 Å². The molecule has 0 saturated carbocycles. The smallest absolute Gasteiger partial charge is 0.371 e. The number of carboxylic acid groups (broad SMARTS) is 1. The fourth-order valence-corrected chi connectivity index (χ4v) is 4.41. The molecule has 38 heavy (non-hydrogen) atoms. The summed E-state index contributed by atoms with van der Waals surface area (Å²) in [5.41, 5.74) is -0.359. The number of methoxy groups -OCH3 is 2. The topological polar surface area (TPSA) is 107 Å². The lowest BCUT2D eigenvalue weighted by Gasteiger charge is -2.23. The molecular formula is C26H25F3N2O6S. The Morgan fingerprint density at radius 3 is 2.45 bits per heavy atom. The van der Waals surface area contributed by atoms with Crippen molar-refractivity contribution in [2.24, 2.45) is 0 Å². The van der Waals surface area contributed by atoms with Crippen LogP contribution in [0.2, 0.25) is 0 Å². The normalized spacial score (nSPS) is 13.2. The number of benzene rings is 2. The second-order valence-electron chi connectivity index (χ2n) is 7.89. The number of ether oxygens (including phenoxy) is 3. The Bertz CT molecular complexity index is 1340. The highest BCUT2D eigenvalue weighted by atomic mass is 32.1. The Labute approximate surface area is 220 Å². The van der Waals surface area contributed by atoms with E-state index in [1.54, 1.807) is 19.1 Å². The molecule has 0 radical (unpaired) electrons. The van der Waals surface area contributed by atoms with E-state index in [1.807, 2.05) is 6.92 Å². The fourth-order valence-electron chi connectivity index (χ4n) is 3.71. The van der Waals surface area contributed by atoms with Crippen LogP contribution in [0.25, 0.3) is 17.3 Å². The number of anilines is 1. The van der Waals surface area contributed by atoms with Crippen molar-refractivity contribution in [1.82, 2.24) is 4.98 Å². The van der Waals surface area contributed by atoms with E-state index in [4.69, 9.17) is 14.6 Å². The summed E-state index contributed by atoms with van der Waals surface area (Å²) in [4.78, 5) is 27.9. The third kappa shape index (κ3) is 6.39. The third-order valence-electron chi connectivity index (χ3n) is 5.49. The van der Waals surface area contributed by atoms with Crippen molar-refractivity contribution in [2.75, 3.05) is 26.1 Å². The van der Waals surface area contributed by atoms with Crippen LogP contribution in [0.15, 0.2) is 41.5 Å². The third-order valence-corrected chi connectivity index (χ3v) is 6.25. The molecule has 2 N–H and O–H groups in total. The summed E-state index contributed by atoms with van der Waals surface area (Å²) >= 11 is 0.992. The van der Waals surface area contributed by atoms with Crippen LogP contribution in [0, 0.1) is 17.5 Å². The van der Waals surface area contributed by atoms with E-state index < -0.39 is 52.9 Å². The molecule has 3 aromatic rings. The van der Waals surface area contributed by atoms with E-state index in [9.17, 15) is 18.4 Å². The Kier molecular flexibility index (Phi) is 9.61. The first kappa shape index (κ1) is 28.8. The highest BCUT2D eigenvalue weighted by molar-refractivity contribution is 7.14. The average Bonchev–Trinajstić information content (AvgIpc) is 3.33. The molecule has 0 fully saturated rings. The largest absolute Gasteiger partial charge is 0.490 e. The van der Waals surface area contributed by atoms with Gasteiger partial charge in [-0.2, -0.15) is 0 Å². The quantitative estimate of drug-likeness (QED) is 0.234. The minimum absolute atomic E-state index is 0.0677. The zero-order valence-corrected chi connectivity index (χ0v) is 21.7. The second-order valence-corrected chi connectivity index (χ2v) is 8.75. The van der Waals surface area contributed by atoms with Crippen LogP contribution in [0.1, 0.15) is 41.4 Å². The van der Waals surface area contributed by atoms with Gasteiger partial charge in [-0.1, -0.05) is 12.1 Å². The van der Waals surface area contributed by atoms with Crippen molar-refractivity contribution in [3.8, 4) is 11.3 Å². The minimum atomic E-state index is -1.52. The maximum Gasteiger partial charge on any atom is 0.371 e. The number of nitrogens with one attached hydrogen (secondary N) is 1. The number of carboxylic acids is 1. The van der Waals surface area contributed by atoms with Gasteiger partial charge in [-0.25, -0.2) is 22.9 Å². The molecule has 0 aliphatic carbocycles. The molecule has 0 bridgehead atoms. The molecule has 12 heteroatoms. The van der Waals surface area contributed by atoms with Crippen LogP contribution in [-0.2, 0) is 19.0 Å². The van der Waals surface area contributed by atoms with Gasteiger partial charge < -0.3 is 19.3 Å². The number of halogens is 3. The van der Waals surface area contributed by atoms with E-state index in [0.29, 0.717) is 12.7 Å². The first-order chi connectivity index (χ1) is 18.1. The standard InChI is InChI=1S/C26H25F3N2O6S/c1-5-37-13(2)23(36-4)16-8-6-7-15(22(16)29)20-12-38-26(30-20)31-24(32)14-9-18(27)17(19(28)10-14)11-21(35-3)25(33)34/h6-13,23H,5H2,1-4H3,(H,33,34)(H,30,31,32)/b21-11-. The number of carbonyl (C=O) groups is 2. The van der Waals surface area contributed by atoms with Crippen molar-refractivity contribution in [2.45, 2.75) is 26.1 Å². The van der Waals surface area contributed by atoms with Gasteiger partial charge in [-0.05, 0) is 32.0 Å². The fraction of sp³-hybridized carbons (Fsp3) is 0.269. The SMILES string of the molecule is CCOC(C)C(OC)c1cccc(-c2csc(NC(=O)c3cc(F)c(/C=C(\OC)C(=O)O)c(F)c3)n2)c1F. The summed E-state index contributed by atoms with van der Waals surface area (Å²) in [7, 11) is 2.50. The summed E-state index contributed by atoms with van der Waals surface area (Å²) in [6.07, 6.45) is -0.396. The Hall–Kier alpha value is -3.74. The lowest BCUT2D eigenvalue weighted by atomic mass is 10.00. The molecule has 1 amide bonds. The molecule has 2 unspecified atom stereocenters. The molecule has 0 aliphatic heterocycles. The van der Waals surface area contributed by atoms with E-state index in [-0.39, 0.29) is 27.5 Å². The number of thiazole rings is 1. The molecule has 1 heterocycles. The van der Waals surface area contributed by atoms with Gasteiger partial charge >= 0.3 is 5.97 Å². The van der Waals surface area contributed by atoms with Crippen LogP contribution >= 0.6 is 11.3 Å². The Morgan fingerprint density at radius 1 is 1.18 bits per heavy atom. The van der Waals surface area contributed by atoms with Crippen LogP contribution in [-0.4, -0.2) is 48.9 Å². The number of aliphatic carboxylic acids is 1. The molecule has 0 spiro atoms. The molecule has 3 rings (SSSR count). The van der Waals surface area contributed by atoms with Gasteiger partial charge in [-0.3, -0.25) is 10.1 Å². The molecule has 2 aromatic carbocycles. The van der Waals surface area contributed by atoms with Crippen molar-refractivity contribution >= 4 is 34.4 Å². The second kappa shape index (κ2) is 12.7. The van der Waals surface area contributed by atoms with Crippen LogP contribution in [0.3, 0.4) is 0 Å². The summed E-state index contributed by atoms with van der Waals surface area (Å²) in [5.74, 6) is -5.97. The van der Waals surface area contributed by atoms with Crippen molar-refractivity contribution < 1.29 is 42.1 Å². The molecule has 202 valence electrons. The van der Waals surface area contributed by atoms with Gasteiger partial charge in [0.15, 0.2) is 5.13 Å². The van der Waals surface area contributed by atoms with E-state index in [1.165, 1.54) is 18.6 Å². The monoisotopic (exact) mass is 550 g/mol. The summed E-state index contributed by atoms with van der Waals surface area (Å²) in [6, 6.07) is 6.27. The van der Waals surface area contributed by atoms with Crippen LogP contribution in [0.4, 0.5) is 18.3 Å². The first-order valence-electron chi connectivity index (χ1n) is 11.3. The number of rotatable bonds is 11. The van der Waals surface area contributed by atoms with Gasteiger partial charge in [0.25, 0.3) is 5.91 Å². The molecule has 2 atom stereocenters. The summed E-state index contributed by atoms with van der Waals surface area (Å²) < 4.78 is 60.0. The Morgan fingerprint density at radius 2 is 1.87 bits per heavy atom. The molecule has 0 saturated heterocycles. The predicted molar refractivity (Wildman–Crippen MR) is 135 cm³/mol. The molecule has 8 nitrogen and oxygen atoms in total. The predicted octanol–water partition coefficient (Wildman–Crippen LogP) is 5.66. The first-order valence-corrected chi connectivity index (χ1v) is 12.2. The minimum Gasteiger partial charge on any atom is -0.490 e. The number of carbonyl (C=O) groups excluding carboxylic acids is 1. The lowest BCUT2D eigenvalue weighted by Crippen LogP contribution is -2.22. The van der Waals surface area contributed by atoms with Crippen molar-refractivity contribution in [3.63, 3.8) is 0 Å². The number of amides is 1. The summed E-state index contributed by atoms with van der Waals surface area (Å²) in [6.45, 7) is 4.03. The van der Waals surface area contributed by atoms with E-state index in [0.717, 1.165) is 30.6 Å². The van der Waals surface area contributed by atoms with E-state index in [2.05, 4.69) is 15.0 Å². The Balaban J connectivity index is 1.84. The van der Waals surface area contributed by atoms with Gasteiger partial charge in [0.2, 0.25) is 5.76 Å². The number of nitrogens with zero attached hydrogens (tertiary/aromatic N) is 1. The average molecular weight is 551 g/mol. The number of aromatic nitrogens is 1. The number of hydrogen-bond acceptors (Lipinski definition) is 7. The van der Waals surface area contributed by atoms with Gasteiger partial charge in [0.1, 0.15) is 23.6 Å². The zero-order chi connectivity index (χ0) is 28.0. The molecule has 1 aromatic heterocycles. The maximum absolute atomic E-state index is 15.4. The highest BCUT2D eigenvalue weighted by Gasteiger charge is 2.25. The van der Waals surface area contributed by atoms with Gasteiger partial charge in [-0.15, -0.1) is 11.3 Å². The molecule has 0 aliphatic rings.